The van der Waals surface area contributed by atoms with E-state index in [9.17, 15) is 0 Å². The van der Waals surface area contributed by atoms with Crippen molar-refractivity contribution in [2.24, 2.45) is 0 Å². The van der Waals surface area contributed by atoms with Gasteiger partial charge in [0.1, 0.15) is 0 Å². The molecule has 0 aliphatic carbocycles. The zero-order chi connectivity index (χ0) is 8.97. The van der Waals surface area contributed by atoms with Crippen LogP contribution in [-0.2, 0) is 18.2 Å². The Bertz CT molecular complexity index is 256. The lowest BCUT2D eigenvalue weighted by molar-refractivity contribution is 1.11. The van der Waals surface area contributed by atoms with E-state index in [0.717, 1.165) is 17.5 Å². The lowest BCUT2D eigenvalue weighted by Gasteiger charge is -2.05. The maximum Gasteiger partial charge on any atom is 0.0477 e. The molecule has 0 aromatic heterocycles. The molecule has 1 rings (SSSR count). The highest BCUT2D eigenvalue weighted by Gasteiger charge is 2.00. The molecule has 0 amide bonds. The molecule has 0 N–H and O–H groups in total. The van der Waals surface area contributed by atoms with E-state index in [0.29, 0.717) is 11.8 Å². The molecule has 0 atom stereocenters. The summed E-state index contributed by atoms with van der Waals surface area (Å²) in [6.07, 6.45) is 1.05. The zero-order valence-corrected chi connectivity index (χ0v) is 8.62. The molecule has 12 heavy (non-hydrogen) atoms. The van der Waals surface area contributed by atoms with Crippen molar-refractivity contribution in [2.45, 2.75) is 25.1 Å². The first-order chi connectivity index (χ1) is 5.81. The van der Waals surface area contributed by atoms with E-state index in [1.807, 2.05) is 0 Å². The lowest BCUT2D eigenvalue weighted by Crippen LogP contribution is -1.90. The lowest BCUT2D eigenvalue weighted by atomic mass is 10.0. The van der Waals surface area contributed by atoms with Crippen molar-refractivity contribution in [1.82, 2.24) is 0 Å². The minimum atomic E-state index is 0.548. The van der Waals surface area contributed by atoms with Gasteiger partial charge in [-0.05, 0) is 23.1 Å². The molecule has 1 aromatic carbocycles. The predicted octanol–water partition coefficient (Wildman–Crippen LogP) is 3.73. The summed E-state index contributed by atoms with van der Waals surface area (Å²) in [5, 5.41) is 0. The number of halogens is 2. The maximum absolute atomic E-state index is 5.78. The fourth-order valence-electron chi connectivity index (χ4n) is 1.15. The van der Waals surface area contributed by atoms with Gasteiger partial charge in [0.2, 0.25) is 0 Å². The van der Waals surface area contributed by atoms with Gasteiger partial charge in [-0.1, -0.05) is 25.1 Å². The zero-order valence-electron chi connectivity index (χ0n) is 7.11. The Morgan fingerprint density at radius 3 is 2.25 bits per heavy atom. The molecule has 0 saturated carbocycles. The second-order valence-corrected chi connectivity index (χ2v) is 3.26. The Morgan fingerprint density at radius 2 is 1.75 bits per heavy atom. The van der Waals surface area contributed by atoms with Gasteiger partial charge in [0.25, 0.3) is 0 Å². The van der Waals surface area contributed by atoms with Crippen LogP contribution >= 0.6 is 23.2 Å². The number of hydrogen-bond donors (Lipinski definition) is 0. The summed E-state index contributed by atoms with van der Waals surface area (Å²) >= 11 is 11.5. The molecule has 0 fully saturated rings. The standard InChI is InChI=1S/C10H12Cl2/c1-2-8-3-4-9(6-11)10(5-8)7-12/h3-5H,2,6-7H2,1H3. The number of alkyl halides is 2. The van der Waals surface area contributed by atoms with Crippen LogP contribution in [0.5, 0.6) is 0 Å². The van der Waals surface area contributed by atoms with Crippen LogP contribution < -0.4 is 0 Å². The Morgan fingerprint density at radius 1 is 1.08 bits per heavy atom. The third kappa shape index (κ3) is 2.15. The van der Waals surface area contributed by atoms with Gasteiger partial charge < -0.3 is 0 Å². The predicted molar refractivity (Wildman–Crippen MR) is 54.9 cm³/mol. The van der Waals surface area contributed by atoms with Crippen LogP contribution in [0.15, 0.2) is 18.2 Å². The molecule has 0 nitrogen and oxygen atoms in total. The maximum atomic E-state index is 5.78. The average molecular weight is 203 g/mol. The molecule has 2 heteroatoms. The second kappa shape index (κ2) is 4.74. The van der Waals surface area contributed by atoms with Gasteiger partial charge in [-0.15, -0.1) is 23.2 Å². The largest absolute Gasteiger partial charge is 0.122 e. The van der Waals surface area contributed by atoms with E-state index >= 15 is 0 Å². The number of hydrogen-bond acceptors (Lipinski definition) is 0. The summed E-state index contributed by atoms with van der Waals surface area (Å²) in [7, 11) is 0. The van der Waals surface area contributed by atoms with Gasteiger partial charge in [0.15, 0.2) is 0 Å². The highest BCUT2D eigenvalue weighted by molar-refractivity contribution is 6.18. The van der Waals surface area contributed by atoms with Crippen LogP contribution in [0.3, 0.4) is 0 Å². The van der Waals surface area contributed by atoms with Crippen molar-refractivity contribution in [3.63, 3.8) is 0 Å². The molecule has 0 bridgehead atoms. The molecule has 0 aliphatic heterocycles. The van der Waals surface area contributed by atoms with Gasteiger partial charge >= 0.3 is 0 Å². The minimum Gasteiger partial charge on any atom is -0.122 e. The summed E-state index contributed by atoms with van der Waals surface area (Å²) in [6, 6.07) is 6.29. The van der Waals surface area contributed by atoms with E-state index in [2.05, 4.69) is 25.1 Å². The Kier molecular flexibility index (Phi) is 3.90. The minimum absolute atomic E-state index is 0.548. The number of aryl methyl sites for hydroxylation is 1. The quantitative estimate of drug-likeness (QED) is 0.656. The molecule has 0 unspecified atom stereocenters. The van der Waals surface area contributed by atoms with Gasteiger partial charge in [0.05, 0.1) is 0 Å². The van der Waals surface area contributed by atoms with Gasteiger partial charge in [-0.2, -0.15) is 0 Å². The fourth-order valence-corrected chi connectivity index (χ4v) is 1.66. The van der Waals surface area contributed by atoms with Crippen molar-refractivity contribution >= 4 is 23.2 Å². The molecule has 0 heterocycles. The summed E-state index contributed by atoms with van der Waals surface area (Å²) in [4.78, 5) is 0. The van der Waals surface area contributed by atoms with Crippen LogP contribution in [0.2, 0.25) is 0 Å². The van der Waals surface area contributed by atoms with Crippen molar-refractivity contribution < 1.29 is 0 Å². The smallest absolute Gasteiger partial charge is 0.0477 e. The normalized spacial score (nSPS) is 10.2. The van der Waals surface area contributed by atoms with Gasteiger partial charge in [-0.3, -0.25) is 0 Å². The first-order valence-corrected chi connectivity index (χ1v) is 5.11. The SMILES string of the molecule is CCc1ccc(CCl)c(CCl)c1. The van der Waals surface area contributed by atoms with E-state index in [1.54, 1.807) is 0 Å². The molecule has 66 valence electrons. The number of rotatable bonds is 3. The van der Waals surface area contributed by atoms with Crippen molar-refractivity contribution in [3.05, 3.63) is 34.9 Å². The Hall–Kier alpha value is -0.200. The second-order valence-electron chi connectivity index (χ2n) is 2.72. The summed E-state index contributed by atoms with van der Waals surface area (Å²) in [5.74, 6) is 1.10. The summed E-state index contributed by atoms with van der Waals surface area (Å²) in [5.41, 5.74) is 3.62. The molecule has 1 aromatic rings. The third-order valence-corrected chi connectivity index (χ3v) is 2.54. The fraction of sp³-hybridized carbons (Fsp3) is 0.400. The van der Waals surface area contributed by atoms with E-state index in [-0.39, 0.29) is 0 Å². The van der Waals surface area contributed by atoms with Crippen LogP contribution in [0.1, 0.15) is 23.6 Å². The summed E-state index contributed by atoms with van der Waals surface area (Å²) in [6.45, 7) is 2.13. The monoisotopic (exact) mass is 202 g/mol. The molecule has 0 spiro atoms. The molecular formula is C10H12Cl2. The highest BCUT2D eigenvalue weighted by atomic mass is 35.5. The van der Waals surface area contributed by atoms with Gasteiger partial charge in [-0.25, -0.2) is 0 Å². The first-order valence-electron chi connectivity index (χ1n) is 4.04. The van der Waals surface area contributed by atoms with E-state index < -0.39 is 0 Å². The summed E-state index contributed by atoms with van der Waals surface area (Å²) < 4.78 is 0. The van der Waals surface area contributed by atoms with Crippen LogP contribution in [0.25, 0.3) is 0 Å². The Balaban J connectivity index is 3.02. The van der Waals surface area contributed by atoms with Gasteiger partial charge in [0, 0.05) is 11.8 Å². The number of benzene rings is 1. The molecule has 0 aliphatic rings. The van der Waals surface area contributed by atoms with E-state index in [4.69, 9.17) is 23.2 Å². The highest BCUT2D eigenvalue weighted by Crippen LogP contribution is 2.16. The molecule has 0 radical (unpaired) electrons. The van der Waals surface area contributed by atoms with Crippen molar-refractivity contribution in [2.75, 3.05) is 0 Å². The van der Waals surface area contributed by atoms with Crippen LogP contribution in [0.4, 0.5) is 0 Å². The van der Waals surface area contributed by atoms with E-state index in [1.165, 1.54) is 5.56 Å². The molecular weight excluding hydrogens is 191 g/mol. The first kappa shape index (κ1) is 9.88. The third-order valence-electron chi connectivity index (χ3n) is 1.97. The van der Waals surface area contributed by atoms with Crippen LogP contribution in [0, 0.1) is 0 Å². The Labute approximate surface area is 83.5 Å². The van der Waals surface area contributed by atoms with Crippen molar-refractivity contribution in [1.29, 1.82) is 0 Å². The molecule has 0 saturated heterocycles. The van der Waals surface area contributed by atoms with Crippen molar-refractivity contribution in [3.8, 4) is 0 Å². The average Bonchev–Trinajstić information content (AvgIpc) is 2.16. The van der Waals surface area contributed by atoms with Crippen LogP contribution in [-0.4, -0.2) is 0 Å². The topological polar surface area (TPSA) is 0 Å².